The molecule has 140 valence electrons. The number of nitrogens with zero attached hydrogens (tertiary/aromatic N) is 2. The van der Waals surface area contributed by atoms with E-state index in [1.165, 1.54) is 10.4 Å². The maximum absolute atomic E-state index is 12.6. The zero-order valence-electron chi connectivity index (χ0n) is 15.2. The number of aromatic nitrogens is 2. The number of amides is 1. The third-order valence-electron chi connectivity index (χ3n) is 5.60. The van der Waals surface area contributed by atoms with Crippen LogP contribution in [-0.2, 0) is 24.1 Å². The standard InChI is InChI=1S/C19H26N4O2S/c1-11-4-5-13-14(9-11)26-19-17(13)18(25)21-15(22-19)6-7-16(24)23-8-2-3-12(20)10-23/h11-12H,2-10,20H2,1H3,(H,21,22,25). The summed E-state index contributed by atoms with van der Waals surface area (Å²) in [6.07, 6.45) is 5.92. The molecular weight excluding hydrogens is 348 g/mol. The number of hydrogen-bond donors (Lipinski definition) is 2. The summed E-state index contributed by atoms with van der Waals surface area (Å²) in [6, 6.07) is 0.0850. The maximum atomic E-state index is 12.6. The number of nitrogens with one attached hydrogen (secondary N) is 1. The van der Waals surface area contributed by atoms with Crippen LogP contribution in [-0.4, -0.2) is 39.9 Å². The van der Waals surface area contributed by atoms with Crippen LogP contribution in [0.25, 0.3) is 10.2 Å². The van der Waals surface area contributed by atoms with Gasteiger partial charge in [-0.3, -0.25) is 9.59 Å². The number of thiophene rings is 1. The van der Waals surface area contributed by atoms with Crippen LogP contribution in [0.3, 0.4) is 0 Å². The highest BCUT2D eigenvalue weighted by atomic mass is 32.1. The van der Waals surface area contributed by atoms with E-state index >= 15 is 0 Å². The van der Waals surface area contributed by atoms with Gasteiger partial charge in [0.15, 0.2) is 0 Å². The Hall–Kier alpha value is -1.73. The molecule has 1 aliphatic carbocycles. The molecule has 0 radical (unpaired) electrons. The van der Waals surface area contributed by atoms with Gasteiger partial charge in [-0.1, -0.05) is 6.92 Å². The number of piperidine rings is 1. The molecule has 2 aromatic rings. The maximum Gasteiger partial charge on any atom is 0.259 e. The van der Waals surface area contributed by atoms with Crippen LogP contribution in [0.15, 0.2) is 4.79 Å². The Bertz CT molecular complexity index is 888. The first-order valence-corrected chi connectivity index (χ1v) is 10.4. The normalized spacial score (nSPS) is 23.2. The van der Waals surface area contributed by atoms with Crippen molar-refractivity contribution in [3.05, 3.63) is 26.6 Å². The van der Waals surface area contributed by atoms with Crippen molar-refractivity contribution < 1.29 is 4.79 Å². The Morgan fingerprint density at radius 3 is 3.08 bits per heavy atom. The topological polar surface area (TPSA) is 92.1 Å². The van der Waals surface area contributed by atoms with Gasteiger partial charge in [0.25, 0.3) is 5.56 Å². The number of aryl methyl sites for hydroxylation is 2. The number of rotatable bonds is 3. The Balaban J connectivity index is 1.51. The van der Waals surface area contributed by atoms with E-state index in [-0.39, 0.29) is 17.5 Å². The molecule has 2 atom stereocenters. The highest BCUT2D eigenvalue weighted by Crippen LogP contribution is 2.35. The second-order valence-corrected chi connectivity index (χ2v) is 8.87. The van der Waals surface area contributed by atoms with Crippen molar-refractivity contribution in [1.82, 2.24) is 14.9 Å². The monoisotopic (exact) mass is 374 g/mol. The molecule has 7 heteroatoms. The third-order valence-corrected chi connectivity index (χ3v) is 6.75. The average Bonchev–Trinajstić information content (AvgIpc) is 2.97. The third kappa shape index (κ3) is 3.42. The fourth-order valence-corrected chi connectivity index (χ4v) is 5.53. The van der Waals surface area contributed by atoms with Crippen LogP contribution >= 0.6 is 11.3 Å². The number of H-pyrrole nitrogens is 1. The van der Waals surface area contributed by atoms with Crippen molar-refractivity contribution in [2.24, 2.45) is 11.7 Å². The molecule has 1 amide bonds. The first-order chi connectivity index (χ1) is 12.5. The van der Waals surface area contributed by atoms with Gasteiger partial charge in [-0.25, -0.2) is 4.98 Å². The van der Waals surface area contributed by atoms with Gasteiger partial charge >= 0.3 is 0 Å². The van der Waals surface area contributed by atoms with Gasteiger partial charge in [-0.15, -0.1) is 11.3 Å². The van der Waals surface area contributed by atoms with E-state index in [1.807, 2.05) is 4.90 Å². The van der Waals surface area contributed by atoms with E-state index in [9.17, 15) is 9.59 Å². The summed E-state index contributed by atoms with van der Waals surface area (Å²) in [4.78, 5) is 36.6. The zero-order chi connectivity index (χ0) is 18.3. The molecule has 2 aromatic heterocycles. The number of hydrogen-bond acceptors (Lipinski definition) is 5. The Labute approximate surface area is 156 Å². The highest BCUT2D eigenvalue weighted by Gasteiger charge is 2.24. The Kier molecular flexibility index (Phi) is 4.84. The van der Waals surface area contributed by atoms with E-state index in [4.69, 9.17) is 5.73 Å². The van der Waals surface area contributed by atoms with Crippen LogP contribution in [0.4, 0.5) is 0 Å². The van der Waals surface area contributed by atoms with Crippen molar-refractivity contribution in [2.45, 2.75) is 57.9 Å². The average molecular weight is 375 g/mol. The predicted molar refractivity (Wildman–Crippen MR) is 104 cm³/mol. The molecule has 1 aliphatic heterocycles. The summed E-state index contributed by atoms with van der Waals surface area (Å²) < 4.78 is 0. The summed E-state index contributed by atoms with van der Waals surface area (Å²) in [6.45, 7) is 3.68. The van der Waals surface area contributed by atoms with Crippen LogP contribution in [0, 0.1) is 5.92 Å². The van der Waals surface area contributed by atoms with E-state index in [2.05, 4.69) is 16.9 Å². The first-order valence-electron chi connectivity index (χ1n) is 9.58. The summed E-state index contributed by atoms with van der Waals surface area (Å²) >= 11 is 1.65. The lowest BCUT2D eigenvalue weighted by Crippen LogP contribution is -2.45. The molecule has 4 rings (SSSR count). The zero-order valence-corrected chi connectivity index (χ0v) is 16.0. The molecule has 3 N–H and O–H groups in total. The van der Waals surface area contributed by atoms with Crippen molar-refractivity contribution >= 4 is 27.5 Å². The SMILES string of the molecule is CC1CCc2c(sc3nc(CCC(=O)N4CCCC(N)C4)[nH]c(=O)c23)C1. The second-order valence-electron chi connectivity index (χ2n) is 7.79. The van der Waals surface area contributed by atoms with Crippen LogP contribution in [0.1, 0.15) is 48.9 Å². The second kappa shape index (κ2) is 7.12. The summed E-state index contributed by atoms with van der Waals surface area (Å²) in [5, 5.41) is 0.772. The smallest absolute Gasteiger partial charge is 0.259 e. The van der Waals surface area contributed by atoms with Crippen LogP contribution in [0.5, 0.6) is 0 Å². The molecule has 26 heavy (non-hydrogen) atoms. The van der Waals surface area contributed by atoms with Gasteiger partial charge in [-0.2, -0.15) is 0 Å². The molecule has 1 fully saturated rings. The fourth-order valence-electron chi connectivity index (χ4n) is 4.13. The minimum Gasteiger partial charge on any atom is -0.341 e. The number of nitrogens with two attached hydrogens (primary N) is 1. The molecule has 0 aromatic carbocycles. The van der Waals surface area contributed by atoms with Gasteiger partial charge in [0, 0.05) is 36.9 Å². The molecular formula is C19H26N4O2S. The molecule has 6 nitrogen and oxygen atoms in total. The largest absolute Gasteiger partial charge is 0.341 e. The fraction of sp³-hybridized carbons (Fsp3) is 0.632. The molecule has 1 saturated heterocycles. The lowest BCUT2D eigenvalue weighted by atomic mass is 9.89. The molecule has 0 saturated carbocycles. The van der Waals surface area contributed by atoms with E-state index in [1.54, 1.807) is 11.3 Å². The summed E-state index contributed by atoms with van der Waals surface area (Å²) in [5.41, 5.74) is 7.10. The number of carbonyl (C=O) groups excluding carboxylic acids is 1. The molecule has 0 spiro atoms. The van der Waals surface area contributed by atoms with Crippen molar-refractivity contribution in [3.8, 4) is 0 Å². The molecule has 2 unspecified atom stereocenters. The summed E-state index contributed by atoms with van der Waals surface area (Å²) in [7, 11) is 0. The van der Waals surface area contributed by atoms with E-state index in [0.717, 1.165) is 48.9 Å². The van der Waals surface area contributed by atoms with E-state index in [0.29, 0.717) is 31.1 Å². The van der Waals surface area contributed by atoms with Crippen molar-refractivity contribution in [1.29, 1.82) is 0 Å². The lowest BCUT2D eigenvalue weighted by Gasteiger charge is -2.30. The van der Waals surface area contributed by atoms with Gasteiger partial charge in [0.2, 0.25) is 5.91 Å². The van der Waals surface area contributed by atoms with Crippen LogP contribution < -0.4 is 11.3 Å². The molecule has 0 bridgehead atoms. The highest BCUT2D eigenvalue weighted by molar-refractivity contribution is 7.18. The van der Waals surface area contributed by atoms with E-state index < -0.39 is 0 Å². The number of fused-ring (bicyclic) bond motifs is 3. The van der Waals surface area contributed by atoms with Gasteiger partial charge in [-0.05, 0) is 43.6 Å². The molecule has 2 aliphatic rings. The van der Waals surface area contributed by atoms with Crippen LogP contribution in [0.2, 0.25) is 0 Å². The molecule has 3 heterocycles. The summed E-state index contributed by atoms with van der Waals surface area (Å²) in [5.74, 6) is 1.38. The quantitative estimate of drug-likeness (QED) is 0.859. The Morgan fingerprint density at radius 2 is 2.27 bits per heavy atom. The minimum atomic E-state index is -0.0514. The number of aromatic amines is 1. The number of carbonyl (C=O) groups is 1. The minimum absolute atomic E-state index is 0.0514. The van der Waals surface area contributed by atoms with Gasteiger partial charge < -0.3 is 15.6 Å². The number of likely N-dealkylation sites (tertiary alicyclic amines) is 1. The Morgan fingerprint density at radius 1 is 1.42 bits per heavy atom. The van der Waals surface area contributed by atoms with Crippen molar-refractivity contribution in [2.75, 3.05) is 13.1 Å². The van der Waals surface area contributed by atoms with Gasteiger partial charge in [0.05, 0.1) is 5.39 Å². The predicted octanol–water partition coefficient (Wildman–Crippen LogP) is 1.99. The van der Waals surface area contributed by atoms with Crippen molar-refractivity contribution in [3.63, 3.8) is 0 Å². The first kappa shape index (κ1) is 17.7. The van der Waals surface area contributed by atoms with Gasteiger partial charge in [0.1, 0.15) is 10.7 Å². The lowest BCUT2D eigenvalue weighted by molar-refractivity contribution is -0.132.